The summed E-state index contributed by atoms with van der Waals surface area (Å²) in [5.41, 5.74) is 0.752. The molecular weight excluding hydrogens is 328 g/mol. The lowest BCUT2D eigenvalue weighted by Crippen LogP contribution is -2.47. The van der Waals surface area contributed by atoms with Crippen LogP contribution in [0, 0.1) is 0 Å². The predicted molar refractivity (Wildman–Crippen MR) is 93.3 cm³/mol. The summed E-state index contributed by atoms with van der Waals surface area (Å²) >= 11 is 6.15. The van der Waals surface area contributed by atoms with Crippen molar-refractivity contribution in [1.82, 2.24) is 15.1 Å². The molecule has 1 amide bonds. The van der Waals surface area contributed by atoms with Crippen LogP contribution in [0.1, 0.15) is 25.7 Å². The van der Waals surface area contributed by atoms with Crippen molar-refractivity contribution in [3.8, 4) is 0 Å². The van der Waals surface area contributed by atoms with Crippen LogP contribution in [0.25, 0.3) is 10.9 Å². The lowest BCUT2D eigenvalue weighted by Gasteiger charge is -2.34. The average Bonchev–Trinajstić information content (AvgIpc) is 3.24. The van der Waals surface area contributed by atoms with Gasteiger partial charge in [0.1, 0.15) is 0 Å². The minimum atomic E-state index is -0.0842. The second-order valence-corrected chi connectivity index (χ2v) is 6.87. The third-order valence-corrected chi connectivity index (χ3v) is 5.36. The third kappa shape index (κ3) is 2.90. The second-order valence-electron chi connectivity index (χ2n) is 6.46. The smallest absolute Gasteiger partial charge is 0.242 e. The molecule has 3 heterocycles. The molecule has 0 unspecified atom stereocenters. The third-order valence-electron chi connectivity index (χ3n) is 5.05. The Kier molecular flexibility index (Phi) is 4.43. The molecule has 0 bridgehead atoms. The largest absolute Gasteiger partial charge is 0.381 e. The molecule has 2 fully saturated rings. The van der Waals surface area contributed by atoms with E-state index in [4.69, 9.17) is 16.3 Å². The topological polar surface area (TPSA) is 70.2 Å². The number of amides is 1. The fourth-order valence-electron chi connectivity index (χ4n) is 3.83. The molecule has 7 heteroatoms. The van der Waals surface area contributed by atoms with Gasteiger partial charge >= 0.3 is 0 Å². The number of H-pyrrole nitrogens is 1. The first kappa shape index (κ1) is 15.9. The van der Waals surface area contributed by atoms with Gasteiger partial charge in [-0.1, -0.05) is 17.7 Å². The maximum Gasteiger partial charge on any atom is 0.242 e. The molecule has 2 aliphatic heterocycles. The summed E-state index contributed by atoms with van der Waals surface area (Å²) in [6.07, 6.45) is 3.96. The highest BCUT2D eigenvalue weighted by Crippen LogP contribution is 2.29. The first-order chi connectivity index (χ1) is 11.7. The Bertz CT molecular complexity index is 741. The highest BCUT2D eigenvalue weighted by Gasteiger charge is 2.36. The van der Waals surface area contributed by atoms with E-state index in [0.29, 0.717) is 16.9 Å². The van der Waals surface area contributed by atoms with Crippen molar-refractivity contribution in [3.05, 3.63) is 23.2 Å². The van der Waals surface area contributed by atoms with Crippen molar-refractivity contribution in [3.63, 3.8) is 0 Å². The fourth-order valence-corrected chi connectivity index (χ4v) is 4.04. The van der Waals surface area contributed by atoms with Crippen LogP contribution in [0.5, 0.6) is 0 Å². The Morgan fingerprint density at radius 1 is 1.33 bits per heavy atom. The van der Waals surface area contributed by atoms with Crippen LogP contribution >= 0.6 is 11.6 Å². The molecule has 2 aromatic rings. The van der Waals surface area contributed by atoms with Gasteiger partial charge < -0.3 is 10.1 Å². The number of likely N-dealkylation sites (tertiary alicyclic amines) is 1. The lowest BCUT2D eigenvalue weighted by molar-refractivity contribution is -0.121. The van der Waals surface area contributed by atoms with E-state index in [9.17, 15) is 4.79 Å². The Labute approximate surface area is 145 Å². The summed E-state index contributed by atoms with van der Waals surface area (Å²) in [6.45, 7) is 2.56. The Hall–Kier alpha value is -1.63. The van der Waals surface area contributed by atoms with Gasteiger partial charge in [-0.2, -0.15) is 5.10 Å². The number of para-hydroxylation sites is 1. The number of aromatic amines is 1. The van der Waals surface area contributed by atoms with Gasteiger partial charge in [0.05, 0.1) is 16.6 Å². The molecule has 1 atom stereocenters. The zero-order valence-corrected chi connectivity index (χ0v) is 14.2. The van der Waals surface area contributed by atoms with Crippen molar-refractivity contribution in [2.45, 2.75) is 37.8 Å². The lowest BCUT2D eigenvalue weighted by atomic mass is 10.1. The summed E-state index contributed by atoms with van der Waals surface area (Å²) in [4.78, 5) is 15.2. The number of anilines is 1. The molecular formula is C17H21ClN4O2. The zero-order valence-electron chi connectivity index (χ0n) is 13.4. The molecule has 0 radical (unpaired) electrons. The molecule has 2 N–H and O–H groups in total. The molecule has 2 aliphatic rings. The Morgan fingerprint density at radius 3 is 3.00 bits per heavy atom. The molecule has 128 valence electrons. The van der Waals surface area contributed by atoms with Gasteiger partial charge in [-0.15, -0.1) is 0 Å². The van der Waals surface area contributed by atoms with Crippen LogP contribution in [0.3, 0.4) is 0 Å². The molecule has 0 spiro atoms. The predicted octanol–water partition coefficient (Wildman–Crippen LogP) is 2.80. The summed E-state index contributed by atoms with van der Waals surface area (Å²) < 4.78 is 5.45. The molecule has 4 rings (SSSR count). The number of nitrogens with zero attached hydrogens (tertiary/aromatic N) is 2. The number of fused-ring (bicyclic) bond motifs is 1. The Balaban J connectivity index is 1.51. The number of halogens is 1. The van der Waals surface area contributed by atoms with Crippen LogP contribution < -0.4 is 5.32 Å². The number of benzene rings is 1. The highest BCUT2D eigenvalue weighted by molar-refractivity contribution is 6.35. The van der Waals surface area contributed by atoms with E-state index >= 15 is 0 Å². The first-order valence-electron chi connectivity index (χ1n) is 8.51. The molecule has 0 saturated carbocycles. The average molecular weight is 349 g/mol. The van der Waals surface area contributed by atoms with Crippen LogP contribution in [-0.2, 0) is 9.53 Å². The Morgan fingerprint density at radius 2 is 2.17 bits per heavy atom. The van der Waals surface area contributed by atoms with Crippen LogP contribution in [0.15, 0.2) is 18.2 Å². The normalized spacial score (nSPS) is 23.0. The minimum Gasteiger partial charge on any atom is -0.381 e. The molecule has 1 aromatic carbocycles. The summed E-state index contributed by atoms with van der Waals surface area (Å²) in [7, 11) is 0. The van der Waals surface area contributed by atoms with Crippen LogP contribution in [0.4, 0.5) is 5.82 Å². The van der Waals surface area contributed by atoms with Crippen molar-refractivity contribution in [1.29, 1.82) is 0 Å². The minimum absolute atomic E-state index is 0.0207. The number of ether oxygens (including phenoxy) is 1. The molecule has 0 aliphatic carbocycles. The quantitative estimate of drug-likeness (QED) is 0.894. The standard InChI is InChI=1S/C17H21ClN4O2/c18-13-4-1-3-12-15(13)20-21-16(12)19-17(23)14-5-2-8-22(14)11-6-9-24-10-7-11/h1,3-4,11,14H,2,5-10H2,(H2,19,20,21,23)/t14-/m1/s1. The molecule has 2 saturated heterocycles. The fraction of sp³-hybridized carbons (Fsp3) is 0.529. The number of carbonyl (C=O) groups excluding carboxylic acids is 1. The van der Waals surface area contributed by atoms with Gasteiger partial charge in [0.2, 0.25) is 5.91 Å². The van der Waals surface area contributed by atoms with E-state index in [1.807, 2.05) is 12.1 Å². The molecule has 1 aromatic heterocycles. The van der Waals surface area contributed by atoms with Gasteiger partial charge in [0.25, 0.3) is 0 Å². The van der Waals surface area contributed by atoms with Crippen molar-refractivity contribution >= 4 is 34.2 Å². The van der Waals surface area contributed by atoms with E-state index in [0.717, 1.165) is 56.3 Å². The summed E-state index contributed by atoms with van der Waals surface area (Å²) in [5.74, 6) is 0.573. The van der Waals surface area contributed by atoms with Crippen LogP contribution in [-0.4, -0.2) is 52.8 Å². The van der Waals surface area contributed by atoms with Crippen molar-refractivity contribution < 1.29 is 9.53 Å². The van der Waals surface area contributed by atoms with Gasteiger partial charge in [0.15, 0.2) is 5.82 Å². The van der Waals surface area contributed by atoms with Gasteiger partial charge in [-0.05, 0) is 44.4 Å². The summed E-state index contributed by atoms with van der Waals surface area (Å²) in [5, 5.41) is 11.6. The number of nitrogens with one attached hydrogen (secondary N) is 2. The summed E-state index contributed by atoms with van der Waals surface area (Å²) in [6, 6.07) is 5.93. The van der Waals surface area contributed by atoms with Gasteiger partial charge in [0, 0.05) is 24.6 Å². The number of rotatable bonds is 3. The van der Waals surface area contributed by atoms with E-state index < -0.39 is 0 Å². The number of hydrogen-bond acceptors (Lipinski definition) is 4. The number of carbonyl (C=O) groups is 1. The number of hydrogen-bond donors (Lipinski definition) is 2. The first-order valence-corrected chi connectivity index (χ1v) is 8.89. The highest BCUT2D eigenvalue weighted by atomic mass is 35.5. The van der Waals surface area contributed by atoms with Gasteiger partial charge in [-0.3, -0.25) is 14.8 Å². The maximum absolute atomic E-state index is 12.8. The van der Waals surface area contributed by atoms with Crippen molar-refractivity contribution in [2.24, 2.45) is 0 Å². The second kappa shape index (κ2) is 6.70. The molecule has 6 nitrogen and oxygen atoms in total. The maximum atomic E-state index is 12.8. The zero-order chi connectivity index (χ0) is 16.5. The molecule has 24 heavy (non-hydrogen) atoms. The monoisotopic (exact) mass is 348 g/mol. The van der Waals surface area contributed by atoms with E-state index in [-0.39, 0.29) is 11.9 Å². The van der Waals surface area contributed by atoms with E-state index in [1.54, 1.807) is 6.07 Å². The van der Waals surface area contributed by atoms with Gasteiger partial charge in [-0.25, -0.2) is 0 Å². The van der Waals surface area contributed by atoms with E-state index in [2.05, 4.69) is 20.4 Å². The number of aromatic nitrogens is 2. The van der Waals surface area contributed by atoms with Crippen LogP contribution in [0.2, 0.25) is 5.02 Å². The van der Waals surface area contributed by atoms with E-state index in [1.165, 1.54) is 0 Å². The van der Waals surface area contributed by atoms with Crippen molar-refractivity contribution in [2.75, 3.05) is 25.1 Å². The SMILES string of the molecule is O=C(Nc1n[nH]c2c(Cl)cccc12)[C@H]1CCCN1C1CCOCC1.